The molecule has 0 aromatic carbocycles. The molecule has 7 rings (SSSR count). The van der Waals surface area contributed by atoms with E-state index < -0.39 is 17.6 Å². The third kappa shape index (κ3) is 3.32. The van der Waals surface area contributed by atoms with Crippen LogP contribution in [0.5, 0.6) is 0 Å². The van der Waals surface area contributed by atoms with Crippen LogP contribution >= 0.6 is 0 Å². The minimum atomic E-state index is -2.68. The number of hydrogen-bond acceptors (Lipinski definition) is 6. The van der Waals surface area contributed by atoms with Crippen LogP contribution in [-0.2, 0) is 26.6 Å². The van der Waals surface area contributed by atoms with Crippen molar-refractivity contribution in [1.29, 1.82) is 0 Å². The number of hydrogen-bond donors (Lipinski definition) is 0. The highest BCUT2D eigenvalue weighted by Crippen LogP contribution is 2.77. The second-order valence-corrected chi connectivity index (χ2v) is 16.6. The molecule has 0 amide bonds. The molecule has 0 aliphatic heterocycles. The summed E-state index contributed by atoms with van der Waals surface area (Å²) < 4.78 is 34.0. The van der Waals surface area contributed by atoms with Gasteiger partial charge in [-0.15, -0.1) is 0 Å². The van der Waals surface area contributed by atoms with Crippen molar-refractivity contribution < 1.29 is 26.6 Å². The van der Waals surface area contributed by atoms with Gasteiger partial charge in [0, 0.05) is 42.7 Å². The summed E-state index contributed by atoms with van der Waals surface area (Å²) in [5.41, 5.74) is 4.95. The number of allylic oxidation sites excluding steroid dienone is 2. The fourth-order valence-corrected chi connectivity index (χ4v) is 11.8. The maximum absolute atomic E-state index is 5.67. The summed E-state index contributed by atoms with van der Waals surface area (Å²) in [5.74, 6) is 5.21. The van der Waals surface area contributed by atoms with Gasteiger partial charge in [0.1, 0.15) is 0 Å². The molecule has 0 spiro atoms. The lowest BCUT2D eigenvalue weighted by Crippen LogP contribution is -2.67. The van der Waals surface area contributed by atoms with Crippen molar-refractivity contribution in [2.24, 2.45) is 46.3 Å². The average molecular weight is 481 g/mol. The molecule has 7 aliphatic carbocycles. The Kier molecular flexibility index (Phi) is 5.94. The Morgan fingerprint density at radius 2 is 0.688 bits per heavy atom. The highest BCUT2D eigenvalue weighted by molar-refractivity contribution is 6.66. The van der Waals surface area contributed by atoms with E-state index in [0.717, 1.165) is 35.5 Å². The van der Waals surface area contributed by atoms with Gasteiger partial charge in [0.05, 0.1) is 0 Å². The molecule has 32 heavy (non-hydrogen) atoms. The van der Waals surface area contributed by atoms with E-state index in [9.17, 15) is 0 Å². The summed E-state index contributed by atoms with van der Waals surface area (Å²) in [7, 11) is 4.83. The normalized spacial score (nSPS) is 44.6. The van der Waals surface area contributed by atoms with Crippen molar-refractivity contribution in [3.63, 3.8) is 0 Å². The SMILES string of the molecule is CO[Si](/C=C/C12CC3C4CC5(/C=C/[Si](OC)(OC)OC)CC3C(C1)C(C5)C4C2)(OC)OC. The molecule has 180 valence electrons. The predicted octanol–water partition coefficient (Wildman–Crippen LogP) is 4.01. The van der Waals surface area contributed by atoms with Crippen molar-refractivity contribution in [2.75, 3.05) is 42.7 Å². The summed E-state index contributed by atoms with van der Waals surface area (Å²) in [5, 5.41) is 0. The fraction of sp³-hybridized carbons (Fsp3) is 0.833. The molecule has 7 fully saturated rings. The summed E-state index contributed by atoms with van der Waals surface area (Å²) >= 11 is 0. The number of rotatable bonds is 10. The van der Waals surface area contributed by atoms with Gasteiger partial charge in [0.2, 0.25) is 0 Å². The summed E-state index contributed by atoms with van der Waals surface area (Å²) in [6, 6.07) is 0. The zero-order valence-corrected chi connectivity index (χ0v) is 22.5. The molecule has 0 aromatic heterocycles. The Balaban J connectivity index is 1.38. The highest BCUT2D eigenvalue weighted by Gasteiger charge is 2.69. The Hall–Kier alpha value is -0.326. The topological polar surface area (TPSA) is 55.4 Å². The van der Waals surface area contributed by atoms with E-state index in [1.807, 2.05) is 0 Å². The molecule has 0 radical (unpaired) electrons. The Bertz CT molecular complexity index is 631. The average Bonchev–Trinajstić information content (AvgIpc) is 2.84. The van der Waals surface area contributed by atoms with Crippen molar-refractivity contribution in [1.82, 2.24) is 0 Å². The van der Waals surface area contributed by atoms with E-state index in [1.54, 1.807) is 42.7 Å². The molecule has 8 heteroatoms. The van der Waals surface area contributed by atoms with E-state index in [1.165, 1.54) is 38.5 Å². The van der Waals surface area contributed by atoms with E-state index in [2.05, 4.69) is 23.6 Å². The van der Waals surface area contributed by atoms with Crippen LogP contribution in [0.15, 0.2) is 23.6 Å². The quantitative estimate of drug-likeness (QED) is 0.440. The molecular weight excluding hydrogens is 440 g/mol. The van der Waals surface area contributed by atoms with Crippen molar-refractivity contribution >= 4 is 17.6 Å². The molecule has 0 N–H and O–H groups in total. The first-order chi connectivity index (χ1) is 15.3. The molecule has 0 aromatic rings. The van der Waals surface area contributed by atoms with Crippen molar-refractivity contribution in [3.05, 3.63) is 23.6 Å². The third-order valence-corrected chi connectivity index (χ3v) is 14.7. The Morgan fingerprint density at radius 3 is 0.875 bits per heavy atom. The molecule has 0 heterocycles. The van der Waals surface area contributed by atoms with Crippen molar-refractivity contribution in [3.8, 4) is 0 Å². The first kappa shape index (κ1) is 23.4. The molecule has 0 saturated heterocycles. The van der Waals surface area contributed by atoms with Gasteiger partial charge in [0.25, 0.3) is 0 Å². The highest BCUT2D eigenvalue weighted by atomic mass is 28.4. The fourth-order valence-electron chi connectivity index (χ4n) is 8.91. The Morgan fingerprint density at radius 1 is 0.469 bits per heavy atom. The lowest BCUT2D eigenvalue weighted by molar-refractivity contribution is -0.237. The third-order valence-electron chi connectivity index (χ3n) is 10.1. The van der Waals surface area contributed by atoms with Gasteiger partial charge in [-0.25, -0.2) is 0 Å². The lowest BCUT2D eigenvalue weighted by Gasteiger charge is -2.74. The molecule has 7 saturated carbocycles. The van der Waals surface area contributed by atoms with Crippen LogP contribution < -0.4 is 0 Å². The van der Waals surface area contributed by atoms with Gasteiger partial charge in [-0.2, -0.15) is 0 Å². The second-order valence-electron chi connectivity index (χ2n) is 11.0. The standard InChI is InChI=1S/C24H40O6Si2/c1-25-31(26-2,27-3)9-7-23-11-17-20-14-24(8-10-32(28-4,29-5)30-6)15-21(17)19(13-23)22(16-24)18(20)12-23/h7-10,17-22H,11-16H2,1-6H3/b9-7+,10-8+. The molecular formula is C24H40O6Si2. The monoisotopic (exact) mass is 480 g/mol. The van der Waals surface area contributed by atoms with Crippen LogP contribution in [0.4, 0.5) is 0 Å². The van der Waals surface area contributed by atoms with E-state index >= 15 is 0 Å². The van der Waals surface area contributed by atoms with Gasteiger partial charge in [0.15, 0.2) is 0 Å². The van der Waals surface area contributed by atoms with Gasteiger partial charge < -0.3 is 26.6 Å². The van der Waals surface area contributed by atoms with Gasteiger partial charge in [-0.05, 0) is 96.3 Å². The van der Waals surface area contributed by atoms with E-state index in [4.69, 9.17) is 26.6 Å². The van der Waals surface area contributed by atoms with Gasteiger partial charge in [-0.3, -0.25) is 0 Å². The minimum Gasteiger partial charge on any atom is -0.374 e. The van der Waals surface area contributed by atoms with Crippen LogP contribution in [-0.4, -0.2) is 60.3 Å². The molecule has 0 atom stereocenters. The van der Waals surface area contributed by atoms with Crippen LogP contribution in [0.2, 0.25) is 0 Å². The zero-order valence-electron chi connectivity index (χ0n) is 20.5. The molecule has 7 aliphatic rings. The van der Waals surface area contributed by atoms with Crippen LogP contribution in [0.3, 0.4) is 0 Å². The predicted molar refractivity (Wildman–Crippen MR) is 125 cm³/mol. The molecule has 6 nitrogen and oxygen atoms in total. The van der Waals surface area contributed by atoms with Crippen LogP contribution in [0, 0.1) is 46.3 Å². The molecule has 0 unspecified atom stereocenters. The largest absolute Gasteiger partial charge is 0.528 e. The minimum absolute atomic E-state index is 0.314. The zero-order chi connectivity index (χ0) is 22.8. The molecule has 8 bridgehead atoms. The maximum atomic E-state index is 5.67. The second kappa shape index (κ2) is 8.12. The van der Waals surface area contributed by atoms with E-state index in [-0.39, 0.29) is 0 Å². The summed E-state index contributed by atoms with van der Waals surface area (Å²) in [6.07, 6.45) is 12.9. The van der Waals surface area contributed by atoms with Crippen LogP contribution in [0.25, 0.3) is 0 Å². The Labute approximate surface area is 195 Å². The van der Waals surface area contributed by atoms with Gasteiger partial charge in [-0.1, -0.05) is 12.2 Å². The van der Waals surface area contributed by atoms with Gasteiger partial charge >= 0.3 is 17.6 Å². The smallest absolute Gasteiger partial charge is 0.374 e. The van der Waals surface area contributed by atoms with Crippen LogP contribution in [0.1, 0.15) is 38.5 Å². The summed E-state index contributed by atoms with van der Waals surface area (Å²) in [4.78, 5) is 0. The van der Waals surface area contributed by atoms with E-state index in [0.29, 0.717) is 10.8 Å². The first-order valence-corrected chi connectivity index (χ1v) is 15.7. The van der Waals surface area contributed by atoms with Crippen molar-refractivity contribution in [2.45, 2.75) is 38.5 Å². The lowest BCUT2D eigenvalue weighted by atomic mass is 9.30. The summed E-state index contributed by atoms with van der Waals surface area (Å²) in [6.45, 7) is 0. The first-order valence-electron chi connectivity index (χ1n) is 12.1. The maximum Gasteiger partial charge on any atom is 0.528 e.